The quantitative estimate of drug-likeness (QED) is 0.395. The molecule has 4 aromatic rings. The Balaban J connectivity index is 1.77. The molecule has 168 valence electrons. The first kappa shape index (κ1) is 22.3. The van der Waals surface area contributed by atoms with E-state index in [2.05, 4.69) is 20.4 Å². The van der Waals surface area contributed by atoms with E-state index in [4.69, 9.17) is 16.7 Å². The standard InChI is InChI=1S/C21H23ClN6O3S/c1-13-23-20-17(12-19(22)25-21(20)27(13)2)24-16-6-5-14(11-18(16)32(3,30)31)15-7-9-28(26-15)8-4-10-29/h5-7,9,11-12,29H,4,8,10H2,1-3H3,(H,24,25). The number of halogens is 1. The molecule has 0 fully saturated rings. The fraction of sp³-hybridized carbons (Fsp3) is 0.286. The number of nitrogens with one attached hydrogen (secondary N) is 1. The number of nitrogens with zero attached hydrogens (tertiary/aromatic N) is 5. The van der Waals surface area contributed by atoms with Gasteiger partial charge in [0.1, 0.15) is 16.5 Å². The summed E-state index contributed by atoms with van der Waals surface area (Å²) in [5, 5.41) is 16.9. The van der Waals surface area contributed by atoms with Gasteiger partial charge in [-0.2, -0.15) is 5.10 Å². The van der Waals surface area contributed by atoms with Gasteiger partial charge in [-0.1, -0.05) is 17.7 Å². The van der Waals surface area contributed by atoms with Crippen LogP contribution in [0.25, 0.3) is 22.4 Å². The second-order valence-corrected chi connectivity index (χ2v) is 9.90. The van der Waals surface area contributed by atoms with Crippen LogP contribution in [0.4, 0.5) is 11.4 Å². The van der Waals surface area contributed by atoms with Gasteiger partial charge in [-0.3, -0.25) is 4.68 Å². The Kier molecular flexibility index (Phi) is 5.93. The van der Waals surface area contributed by atoms with E-state index in [1.165, 1.54) is 0 Å². The van der Waals surface area contributed by atoms with E-state index >= 15 is 0 Å². The molecular weight excluding hydrogens is 452 g/mol. The van der Waals surface area contributed by atoms with Crippen LogP contribution in [0.15, 0.2) is 41.4 Å². The van der Waals surface area contributed by atoms with Gasteiger partial charge < -0.3 is 15.0 Å². The van der Waals surface area contributed by atoms with Gasteiger partial charge in [0, 0.05) is 44.3 Å². The van der Waals surface area contributed by atoms with Crippen LogP contribution in [0.2, 0.25) is 5.15 Å². The maximum atomic E-state index is 12.6. The molecule has 0 unspecified atom stereocenters. The summed E-state index contributed by atoms with van der Waals surface area (Å²) in [6.07, 6.45) is 3.56. The van der Waals surface area contributed by atoms with Gasteiger partial charge in [0.15, 0.2) is 15.5 Å². The van der Waals surface area contributed by atoms with E-state index in [1.807, 2.05) is 24.6 Å². The van der Waals surface area contributed by atoms with Crippen LogP contribution in [-0.2, 0) is 23.4 Å². The smallest absolute Gasteiger partial charge is 0.177 e. The Morgan fingerprint density at radius 1 is 1.16 bits per heavy atom. The highest BCUT2D eigenvalue weighted by Crippen LogP contribution is 2.33. The van der Waals surface area contributed by atoms with Crippen molar-refractivity contribution in [2.24, 2.45) is 7.05 Å². The lowest BCUT2D eigenvalue weighted by Crippen LogP contribution is -2.04. The maximum absolute atomic E-state index is 12.6. The summed E-state index contributed by atoms with van der Waals surface area (Å²) in [5.74, 6) is 0.758. The number of pyridine rings is 1. The number of imidazole rings is 1. The Morgan fingerprint density at radius 2 is 1.94 bits per heavy atom. The molecule has 9 nitrogen and oxygen atoms in total. The van der Waals surface area contributed by atoms with E-state index in [-0.39, 0.29) is 16.7 Å². The highest BCUT2D eigenvalue weighted by atomic mass is 35.5. The minimum atomic E-state index is -3.56. The molecule has 3 heterocycles. The van der Waals surface area contributed by atoms with Gasteiger partial charge >= 0.3 is 0 Å². The van der Waals surface area contributed by atoms with Crippen molar-refractivity contribution >= 4 is 44.0 Å². The van der Waals surface area contributed by atoms with E-state index in [9.17, 15) is 8.42 Å². The lowest BCUT2D eigenvalue weighted by Gasteiger charge is -2.13. The number of fused-ring (bicyclic) bond motifs is 1. The third-order valence-corrected chi connectivity index (χ3v) is 6.48. The first-order chi connectivity index (χ1) is 15.2. The van der Waals surface area contributed by atoms with Crippen molar-refractivity contribution in [1.82, 2.24) is 24.3 Å². The van der Waals surface area contributed by atoms with Crippen molar-refractivity contribution in [2.45, 2.75) is 24.8 Å². The molecule has 4 rings (SSSR count). The fourth-order valence-corrected chi connectivity index (χ4v) is 4.48. The van der Waals surface area contributed by atoms with Crippen molar-refractivity contribution in [3.63, 3.8) is 0 Å². The van der Waals surface area contributed by atoms with Crippen LogP contribution in [0.3, 0.4) is 0 Å². The van der Waals surface area contributed by atoms with Gasteiger partial charge in [-0.05, 0) is 31.5 Å². The zero-order valence-electron chi connectivity index (χ0n) is 17.9. The molecule has 0 aliphatic carbocycles. The summed E-state index contributed by atoms with van der Waals surface area (Å²) < 4.78 is 28.8. The number of sulfone groups is 1. The molecule has 0 bridgehead atoms. The van der Waals surface area contributed by atoms with Gasteiger partial charge in [0.2, 0.25) is 0 Å². The molecule has 11 heteroatoms. The number of aromatic nitrogens is 5. The number of hydrogen-bond donors (Lipinski definition) is 2. The van der Waals surface area contributed by atoms with E-state index < -0.39 is 9.84 Å². The van der Waals surface area contributed by atoms with Crippen LogP contribution < -0.4 is 5.32 Å². The van der Waals surface area contributed by atoms with Crippen molar-refractivity contribution in [3.05, 3.63) is 47.5 Å². The molecule has 0 amide bonds. The second-order valence-electron chi connectivity index (χ2n) is 7.53. The highest BCUT2D eigenvalue weighted by molar-refractivity contribution is 7.90. The normalized spacial score (nSPS) is 11.9. The molecule has 0 saturated heterocycles. The topological polar surface area (TPSA) is 115 Å². The second kappa shape index (κ2) is 8.53. The number of aryl methyl sites for hydroxylation is 3. The lowest BCUT2D eigenvalue weighted by atomic mass is 10.1. The zero-order chi connectivity index (χ0) is 23.0. The summed E-state index contributed by atoms with van der Waals surface area (Å²) in [5.41, 5.74) is 3.49. The van der Waals surface area contributed by atoms with Crippen molar-refractivity contribution in [1.29, 1.82) is 0 Å². The van der Waals surface area contributed by atoms with Gasteiger partial charge in [-0.15, -0.1) is 0 Å². The van der Waals surface area contributed by atoms with E-state index in [0.29, 0.717) is 46.8 Å². The summed E-state index contributed by atoms with van der Waals surface area (Å²) >= 11 is 6.21. The number of anilines is 2. The Hall–Kier alpha value is -2.95. The fourth-order valence-electron chi connectivity index (χ4n) is 3.43. The molecule has 32 heavy (non-hydrogen) atoms. The molecule has 0 aliphatic rings. The van der Waals surface area contributed by atoms with Crippen LogP contribution in [-0.4, -0.2) is 50.7 Å². The molecule has 2 N–H and O–H groups in total. The first-order valence-electron chi connectivity index (χ1n) is 9.93. The van der Waals surface area contributed by atoms with Crippen molar-refractivity contribution in [3.8, 4) is 11.3 Å². The molecule has 1 aromatic carbocycles. The average Bonchev–Trinajstić information content (AvgIpc) is 3.32. The number of aliphatic hydroxyl groups excluding tert-OH is 1. The monoisotopic (exact) mass is 474 g/mol. The molecule has 3 aromatic heterocycles. The molecule has 0 aliphatic heterocycles. The third-order valence-electron chi connectivity index (χ3n) is 5.15. The Labute approximate surface area is 190 Å². The number of benzene rings is 1. The van der Waals surface area contributed by atoms with Crippen molar-refractivity contribution in [2.75, 3.05) is 18.2 Å². The Bertz CT molecular complexity index is 1410. The summed E-state index contributed by atoms with van der Waals surface area (Å²) in [7, 11) is -1.72. The zero-order valence-corrected chi connectivity index (χ0v) is 19.4. The average molecular weight is 475 g/mol. The minimum Gasteiger partial charge on any atom is -0.396 e. The number of rotatable bonds is 7. The van der Waals surface area contributed by atoms with E-state index in [1.54, 1.807) is 35.1 Å². The van der Waals surface area contributed by atoms with Crippen LogP contribution in [0, 0.1) is 6.92 Å². The number of aliphatic hydroxyl groups is 1. The van der Waals surface area contributed by atoms with Crippen LogP contribution >= 0.6 is 11.6 Å². The van der Waals surface area contributed by atoms with Crippen LogP contribution in [0.5, 0.6) is 0 Å². The minimum absolute atomic E-state index is 0.0792. The van der Waals surface area contributed by atoms with Crippen LogP contribution in [0.1, 0.15) is 12.2 Å². The molecule has 0 saturated carbocycles. The maximum Gasteiger partial charge on any atom is 0.177 e. The largest absolute Gasteiger partial charge is 0.396 e. The van der Waals surface area contributed by atoms with E-state index in [0.717, 1.165) is 12.1 Å². The highest BCUT2D eigenvalue weighted by Gasteiger charge is 2.19. The van der Waals surface area contributed by atoms with Gasteiger partial charge in [0.05, 0.1) is 22.0 Å². The van der Waals surface area contributed by atoms with Crippen molar-refractivity contribution < 1.29 is 13.5 Å². The first-order valence-corrected chi connectivity index (χ1v) is 12.2. The number of hydrogen-bond acceptors (Lipinski definition) is 7. The third kappa shape index (κ3) is 4.34. The van der Waals surface area contributed by atoms with Gasteiger partial charge in [-0.25, -0.2) is 18.4 Å². The molecule has 0 atom stereocenters. The summed E-state index contributed by atoms with van der Waals surface area (Å²) in [6.45, 7) is 2.52. The SMILES string of the molecule is Cc1nc2c(Nc3ccc(-c4ccn(CCCO)n4)cc3S(C)(=O)=O)cc(Cl)nc2n1C. The summed E-state index contributed by atoms with van der Waals surface area (Å²) in [6, 6.07) is 8.54. The van der Waals surface area contributed by atoms with Gasteiger partial charge in [0.25, 0.3) is 0 Å². The Morgan fingerprint density at radius 3 is 2.66 bits per heavy atom. The molecular formula is C21H23ClN6O3S. The molecule has 0 radical (unpaired) electrons. The lowest BCUT2D eigenvalue weighted by molar-refractivity contribution is 0.277. The predicted octanol–water partition coefficient (Wildman–Crippen LogP) is 3.32. The summed E-state index contributed by atoms with van der Waals surface area (Å²) in [4.78, 5) is 8.99. The predicted molar refractivity (Wildman–Crippen MR) is 124 cm³/mol. The molecule has 0 spiro atoms.